The lowest BCUT2D eigenvalue weighted by Gasteiger charge is -2.21. The third-order valence-corrected chi connectivity index (χ3v) is 2.50. The van der Waals surface area contributed by atoms with E-state index >= 15 is 0 Å². The standard InChI is InChI=1S/C9H14NO8P/c1-5(3-10)2-6(11)8(13)9(14)7(12)4-18-19(15,16)17/h6,8-9,11,13-14H,1-2,4H2,(H2,15,16,17)/t6-,8?,9?/m1/s1. The zero-order valence-corrected chi connectivity index (χ0v) is 10.6. The van der Waals surface area contributed by atoms with Gasteiger partial charge in [0, 0.05) is 12.0 Å². The highest BCUT2D eigenvalue weighted by Crippen LogP contribution is 2.35. The third kappa shape index (κ3) is 7.15. The van der Waals surface area contributed by atoms with Crippen molar-refractivity contribution < 1.29 is 39.0 Å². The van der Waals surface area contributed by atoms with E-state index in [0.717, 1.165) is 0 Å². The molecule has 108 valence electrons. The molecule has 0 aromatic rings. The number of aliphatic hydroxyl groups excluding tert-OH is 3. The average molecular weight is 295 g/mol. The van der Waals surface area contributed by atoms with E-state index in [0.29, 0.717) is 0 Å². The fraction of sp³-hybridized carbons (Fsp3) is 0.556. The fourth-order valence-corrected chi connectivity index (χ4v) is 1.35. The molecule has 19 heavy (non-hydrogen) atoms. The number of rotatable bonds is 8. The molecule has 0 heterocycles. The van der Waals surface area contributed by atoms with E-state index in [1.807, 2.05) is 0 Å². The van der Waals surface area contributed by atoms with Crippen LogP contribution in [0.25, 0.3) is 0 Å². The number of phosphoric acid groups is 1. The summed E-state index contributed by atoms with van der Waals surface area (Å²) in [5.74, 6) is -1.22. The Morgan fingerprint density at radius 2 is 1.89 bits per heavy atom. The van der Waals surface area contributed by atoms with Crippen molar-refractivity contribution in [2.75, 3.05) is 6.61 Å². The molecular weight excluding hydrogens is 281 g/mol. The molecule has 0 aliphatic carbocycles. The molecule has 9 nitrogen and oxygen atoms in total. The van der Waals surface area contributed by atoms with Crippen molar-refractivity contribution in [2.24, 2.45) is 0 Å². The van der Waals surface area contributed by atoms with Crippen LogP contribution in [0.4, 0.5) is 0 Å². The number of carbonyl (C=O) groups is 1. The molecule has 0 spiro atoms. The first-order valence-corrected chi connectivity index (χ1v) is 6.46. The van der Waals surface area contributed by atoms with Crippen molar-refractivity contribution in [1.82, 2.24) is 0 Å². The van der Waals surface area contributed by atoms with E-state index in [1.54, 1.807) is 6.07 Å². The van der Waals surface area contributed by atoms with E-state index in [-0.39, 0.29) is 12.0 Å². The second kappa shape index (κ2) is 7.47. The summed E-state index contributed by atoms with van der Waals surface area (Å²) in [6, 6.07) is 1.60. The zero-order chi connectivity index (χ0) is 15.2. The van der Waals surface area contributed by atoms with E-state index < -0.39 is 38.5 Å². The minimum absolute atomic E-state index is 0.0716. The molecule has 0 fully saturated rings. The molecule has 0 aromatic carbocycles. The first kappa shape index (κ1) is 17.9. The van der Waals surface area contributed by atoms with Gasteiger partial charge in [0.25, 0.3) is 0 Å². The van der Waals surface area contributed by atoms with Crippen LogP contribution >= 0.6 is 7.82 Å². The minimum atomic E-state index is -4.87. The van der Waals surface area contributed by atoms with Gasteiger partial charge < -0.3 is 25.1 Å². The molecule has 0 saturated carbocycles. The molecule has 3 atom stereocenters. The molecule has 0 aromatic heterocycles. The van der Waals surface area contributed by atoms with Crippen molar-refractivity contribution in [3.8, 4) is 6.07 Å². The van der Waals surface area contributed by atoms with Gasteiger partial charge >= 0.3 is 7.82 Å². The molecule has 0 aliphatic heterocycles. The maximum Gasteiger partial charge on any atom is 0.470 e. The topological polar surface area (TPSA) is 168 Å². The first-order valence-electron chi connectivity index (χ1n) is 4.93. The summed E-state index contributed by atoms with van der Waals surface area (Å²) < 4.78 is 14.2. The second-order valence-corrected chi connectivity index (χ2v) is 4.89. The Hall–Kier alpha value is -1.11. The van der Waals surface area contributed by atoms with Crippen LogP contribution in [0, 0.1) is 11.3 Å². The summed E-state index contributed by atoms with van der Waals surface area (Å²) >= 11 is 0. The van der Waals surface area contributed by atoms with Crippen molar-refractivity contribution in [3.05, 3.63) is 12.2 Å². The van der Waals surface area contributed by atoms with Crippen LogP contribution in [0.2, 0.25) is 0 Å². The Kier molecular flexibility index (Phi) is 7.04. The smallest absolute Gasteiger partial charge is 0.390 e. The molecule has 0 bridgehead atoms. The second-order valence-electron chi connectivity index (χ2n) is 3.65. The largest absolute Gasteiger partial charge is 0.470 e. The van der Waals surface area contributed by atoms with Gasteiger partial charge in [-0.15, -0.1) is 0 Å². The minimum Gasteiger partial charge on any atom is -0.390 e. The monoisotopic (exact) mass is 295 g/mol. The Morgan fingerprint density at radius 1 is 1.37 bits per heavy atom. The summed E-state index contributed by atoms with van der Waals surface area (Å²) in [7, 11) is -4.87. The molecule has 0 radical (unpaired) electrons. The number of carbonyl (C=O) groups excluding carboxylic acids is 1. The summed E-state index contributed by atoms with van der Waals surface area (Å²) in [6.07, 6.45) is -6.02. The van der Waals surface area contributed by atoms with Gasteiger partial charge in [0.1, 0.15) is 18.8 Å². The quantitative estimate of drug-likeness (QED) is 0.256. The Balaban J connectivity index is 4.43. The molecule has 5 N–H and O–H groups in total. The van der Waals surface area contributed by atoms with E-state index in [4.69, 9.17) is 15.0 Å². The number of nitriles is 1. The van der Waals surface area contributed by atoms with Crippen molar-refractivity contribution in [1.29, 1.82) is 5.26 Å². The van der Waals surface area contributed by atoms with Crippen molar-refractivity contribution in [2.45, 2.75) is 24.7 Å². The molecule has 0 aliphatic rings. The highest BCUT2D eigenvalue weighted by atomic mass is 31.2. The lowest BCUT2D eigenvalue weighted by Crippen LogP contribution is -2.43. The van der Waals surface area contributed by atoms with Gasteiger partial charge in [-0.3, -0.25) is 9.32 Å². The SMILES string of the molecule is C=C(C#N)C[C@@H](O)C(O)C(O)C(=O)COP(=O)(O)O. The van der Waals surface area contributed by atoms with Crippen LogP contribution in [-0.2, 0) is 13.9 Å². The first-order chi connectivity index (χ1) is 8.58. The molecule has 0 rings (SSSR count). The molecule has 0 amide bonds. The van der Waals surface area contributed by atoms with Gasteiger partial charge in [-0.1, -0.05) is 6.58 Å². The lowest BCUT2D eigenvalue weighted by atomic mass is 9.99. The highest BCUT2D eigenvalue weighted by molar-refractivity contribution is 7.46. The Labute approximate surface area is 108 Å². The van der Waals surface area contributed by atoms with Crippen LogP contribution in [-0.4, -0.2) is 55.8 Å². The highest BCUT2D eigenvalue weighted by Gasteiger charge is 2.31. The number of hydrogen-bond donors (Lipinski definition) is 5. The number of ketones is 1. The van der Waals surface area contributed by atoms with Crippen LogP contribution < -0.4 is 0 Å². The van der Waals surface area contributed by atoms with Crippen molar-refractivity contribution in [3.63, 3.8) is 0 Å². The number of nitrogens with zero attached hydrogens (tertiary/aromatic N) is 1. The maximum atomic E-state index is 11.2. The van der Waals surface area contributed by atoms with Gasteiger partial charge in [0.15, 0.2) is 5.78 Å². The normalized spacial score (nSPS) is 16.2. The van der Waals surface area contributed by atoms with Gasteiger partial charge in [0.2, 0.25) is 0 Å². The van der Waals surface area contributed by atoms with Crippen LogP contribution in [0.15, 0.2) is 12.2 Å². The maximum absolute atomic E-state index is 11.2. The number of aliphatic hydroxyl groups is 3. The van der Waals surface area contributed by atoms with E-state index in [1.165, 1.54) is 0 Å². The van der Waals surface area contributed by atoms with E-state index in [2.05, 4.69) is 11.1 Å². The lowest BCUT2D eigenvalue weighted by molar-refractivity contribution is -0.140. The Morgan fingerprint density at radius 3 is 2.32 bits per heavy atom. The van der Waals surface area contributed by atoms with E-state index in [9.17, 15) is 24.7 Å². The fourth-order valence-electron chi connectivity index (χ4n) is 1.05. The number of hydrogen-bond acceptors (Lipinski definition) is 7. The summed E-state index contributed by atoms with van der Waals surface area (Å²) in [5.41, 5.74) is -0.0716. The molecule has 0 saturated heterocycles. The van der Waals surface area contributed by atoms with Crippen molar-refractivity contribution >= 4 is 13.6 Å². The summed E-state index contributed by atoms with van der Waals surface area (Å²) in [5, 5.41) is 36.6. The molecule has 10 heteroatoms. The van der Waals surface area contributed by atoms with Crippen LogP contribution in [0.5, 0.6) is 0 Å². The predicted molar refractivity (Wildman–Crippen MR) is 60.4 cm³/mol. The van der Waals surface area contributed by atoms with Gasteiger partial charge in [-0.25, -0.2) is 4.57 Å². The zero-order valence-electron chi connectivity index (χ0n) is 9.71. The van der Waals surface area contributed by atoms with Crippen LogP contribution in [0.1, 0.15) is 6.42 Å². The number of phosphoric ester groups is 1. The summed E-state index contributed by atoms with van der Waals surface area (Å²) in [6.45, 7) is 2.11. The van der Waals surface area contributed by atoms with Gasteiger partial charge in [-0.2, -0.15) is 5.26 Å². The molecular formula is C9H14NO8P. The van der Waals surface area contributed by atoms with Gasteiger partial charge in [0.05, 0.1) is 12.2 Å². The average Bonchev–Trinajstić information content (AvgIpc) is 2.32. The third-order valence-electron chi connectivity index (χ3n) is 2.04. The van der Waals surface area contributed by atoms with Crippen LogP contribution in [0.3, 0.4) is 0 Å². The predicted octanol–water partition coefficient (Wildman–Crippen LogP) is -1.78. The summed E-state index contributed by atoms with van der Waals surface area (Å²) in [4.78, 5) is 27.9. The molecule has 2 unspecified atom stereocenters. The Bertz CT molecular complexity index is 424. The number of Topliss-reactive ketones (excluding diaryl/α,β-unsaturated/α-hetero) is 1. The van der Waals surface area contributed by atoms with Gasteiger partial charge in [-0.05, 0) is 0 Å².